The van der Waals surface area contributed by atoms with E-state index in [9.17, 15) is 13.2 Å². The molecule has 2 aliphatic heterocycles. The van der Waals surface area contributed by atoms with Gasteiger partial charge in [-0.25, -0.2) is 18.7 Å². The lowest BCUT2D eigenvalue weighted by atomic mass is 9.95. The third-order valence-corrected chi connectivity index (χ3v) is 8.38. The number of sulfone groups is 1. The number of nitrogens with one attached hydrogen (secondary N) is 1. The highest BCUT2D eigenvalue weighted by molar-refractivity contribution is 7.92. The van der Waals surface area contributed by atoms with E-state index in [4.69, 9.17) is 14.4 Å². The van der Waals surface area contributed by atoms with Crippen molar-refractivity contribution >= 4 is 21.5 Å². The van der Waals surface area contributed by atoms with Crippen LogP contribution in [0.4, 0.5) is 0 Å². The van der Waals surface area contributed by atoms with E-state index >= 15 is 0 Å². The van der Waals surface area contributed by atoms with Crippen LogP contribution in [0, 0.1) is 0 Å². The Kier molecular flexibility index (Phi) is 7.35. The molecule has 2 aromatic carbocycles. The van der Waals surface area contributed by atoms with Crippen LogP contribution in [0.5, 0.6) is 0 Å². The van der Waals surface area contributed by atoms with Crippen LogP contribution in [0.15, 0.2) is 59.8 Å². The highest BCUT2D eigenvalue weighted by Gasteiger charge is 2.47. The molecule has 3 unspecified atom stereocenters. The number of rotatable bonds is 8. The van der Waals surface area contributed by atoms with Gasteiger partial charge in [0.2, 0.25) is 0 Å². The molecule has 0 saturated carbocycles. The highest BCUT2D eigenvalue weighted by atomic mass is 32.2. The molecule has 0 radical (unpaired) electrons. The van der Waals surface area contributed by atoms with Gasteiger partial charge in [-0.15, -0.1) is 0 Å². The zero-order chi connectivity index (χ0) is 24.2. The second-order valence-corrected chi connectivity index (χ2v) is 11.4. The SMILES string of the molecule is CC(CC1CC(c2ccc(-c3ccccc3)cc2)=NO1)(C(=O)NOC1CCCCO1)S(C)(=O)=O. The maximum Gasteiger partial charge on any atom is 0.264 e. The predicted octanol–water partition coefficient (Wildman–Crippen LogP) is 3.61. The Bertz CT molecular complexity index is 1130. The lowest BCUT2D eigenvalue weighted by Gasteiger charge is -2.29. The minimum atomic E-state index is -3.79. The lowest BCUT2D eigenvalue weighted by molar-refractivity contribution is -0.201. The quantitative estimate of drug-likeness (QED) is 0.572. The molecule has 1 amide bonds. The Balaban J connectivity index is 1.39. The fourth-order valence-electron chi connectivity index (χ4n) is 4.07. The molecule has 2 aromatic rings. The molecule has 0 aliphatic carbocycles. The number of nitrogens with zero attached hydrogens (tertiary/aromatic N) is 1. The number of oxime groups is 1. The van der Waals surface area contributed by atoms with Crippen molar-refractivity contribution in [1.82, 2.24) is 5.48 Å². The average Bonchev–Trinajstić information content (AvgIpc) is 3.31. The summed E-state index contributed by atoms with van der Waals surface area (Å²) in [5, 5.41) is 4.17. The Hall–Kier alpha value is -2.75. The molecule has 8 nitrogen and oxygen atoms in total. The largest absolute Gasteiger partial charge is 0.392 e. The molecule has 3 atom stereocenters. The molecular formula is C25H30N2O6S. The molecule has 34 heavy (non-hydrogen) atoms. The minimum Gasteiger partial charge on any atom is -0.392 e. The van der Waals surface area contributed by atoms with Crippen molar-refractivity contribution in [2.24, 2.45) is 5.16 Å². The summed E-state index contributed by atoms with van der Waals surface area (Å²) < 4.78 is 28.9. The van der Waals surface area contributed by atoms with Gasteiger partial charge in [-0.1, -0.05) is 59.8 Å². The zero-order valence-corrected chi connectivity index (χ0v) is 20.2. The van der Waals surface area contributed by atoms with Gasteiger partial charge in [0.25, 0.3) is 5.91 Å². The van der Waals surface area contributed by atoms with Gasteiger partial charge in [-0.3, -0.25) is 4.79 Å². The first kappa shape index (κ1) is 24.4. The Morgan fingerprint density at radius 2 is 1.76 bits per heavy atom. The molecule has 9 heteroatoms. The smallest absolute Gasteiger partial charge is 0.264 e. The van der Waals surface area contributed by atoms with E-state index in [-0.39, 0.29) is 6.42 Å². The van der Waals surface area contributed by atoms with Crippen LogP contribution in [0.25, 0.3) is 11.1 Å². The summed E-state index contributed by atoms with van der Waals surface area (Å²) in [6, 6.07) is 18.0. The van der Waals surface area contributed by atoms with Gasteiger partial charge in [0.05, 0.1) is 5.71 Å². The van der Waals surface area contributed by atoms with Crippen molar-refractivity contribution in [2.75, 3.05) is 12.9 Å². The maximum atomic E-state index is 12.9. The van der Waals surface area contributed by atoms with Gasteiger partial charge in [0, 0.05) is 32.1 Å². The van der Waals surface area contributed by atoms with Gasteiger partial charge >= 0.3 is 0 Å². The van der Waals surface area contributed by atoms with E-state index in [1.165, 1.54) is 6.92 Å². The molecular weight excluding hydrogens is 456 g/mol. The molecule has 182 valence electrons. The normalized spacial score (nSPS) is 22.4. The first-order valence-electron chi connectivity index (χ1n) is 11.4. The molecule has 2 aliphatic rings. The molecule has 2 heterocycles. The predicted molar refractivity (Wildman–Crippen MR) is 129 cm³/mol. The van der Waals surface area contributed by atoms with Crippen LogP contribution in [-0.4, -0.2) is 50.0 Å². The molecule has 1 fully saturated rings. The number of carbonyl (C=O) groups is 1. The molecule has 1 N–H and O–H groups in total. The highest BCUT2D eigenvalue weighted by Crippen LogP contribution is 2.30. The summed E-state index contributed by atoms with van der Waals surface area (Å²) in [7, 11) is -3.79. The van der Waals surface area contributed by atoms with Gasteiger partial charge < -0.3 is 9.57 Å². The van der Waals surface area contributed by atoms with Crippen molar-refractivity contribution in [1.29, 1.82) is 0 Å². The standard InChI is InChI=1S/C25H30N2O6S/c1-25(34(2,29)30,24(28)27-33-23-10-6-7-15-31-23)17-21-16-22(26-32-21)20-13-11-19(12-14-20)18-8-4-3-5-9-18/h3-5,8-9,11-14,21,23H,6-7,10,15-17H2,1-2H3,(H,27,28). The summed E-state index contributed by atoms with van der Waals surface area (Å²) in [5.74, 6) is -0.742. The average molecular weight is 487 g/mol. The molecule has 0 spiro atoms. The lowest BCUT2D eigenvalue weighted by Crippen LogP contribution is -2.52. The van der Waals surface area contributed by atoms with Crippen molar-refractivity contribution in [3.63, 3.8) is 0 Å². The number of carbonyl (C=O) groups excluding carboxylic acids is 1. The van der Waals surface area contributed by atoms with Crippen molar-refractivity contribution in [3.05, 3.63) is 60.2 Å². The monoisotopic (exact) mass is 486 g/mol. The first-order valence-corrected chi connectivity index (χ1v) is 13.3. The van der Waals surface area contributed by atoms with Crippen LogP contribution in [-0.2, 0) is 29.0 Å². The first-order chi connectivity index (χ1) is 16.3. The van der Waals surface area contributed by atoms with Crippen molar-refractivity contribution in [2.45, 2.75) is 56.2 Å². The van der Waals surface area contributed by atoms with Crippen LogP contribution < -0.4 is 5.48 Å². The van der Waals surface area contributed by atoms with Gasteiger partial charge in [-0.2, -0.15) is 0 Å². The number of ether oxygens (including phenoxy) is 1. The summed E-state index contributed by atoms with van der Waals surface area (Å²) in [6.07, 6.45) is 2.76. The Labute approximate surface area is 200 Å². The fraction of sp³-hybridized carbons (Fsp3) is 0.440. The van der Waals surface area contributed by atoms with Crippen LogP contribution in [0.1, 0.15) is 44.6 Å². The van der Waals surface area contributed by atoms with E-state index in [0.717, 1.165) is 35.8 Å². The fourth-order valence-corrected chi connectivity index (χ4v) is 4.94. The van der Waals surface area contributed by atoms with E-state index in [1.54, 1.807) is 0 Å². The van der Waals surface area contributed by atoms with Crippen LogP contribution in [0.3, 0.4) is 0 Å². The Morgan fingerprint density at radius 1 is 1.09 bits per heavy atom. The summed E-state index contributed by atoms with van der Waals surface area (Å²) >= 11 is 0. The van der Waals surface area contributed by atoms with Crippen LogP contribution >= 0.6 is 0 Å². The Morgan fingerprint density at radius 3 is 2.41 bits per heavy atom. The van der Waals surface area contributed by atoms with Crippen molar-refractivity contribution < 1.29 is 27.6 Å². The summed E-state index contributed by atoms with van der Waals surface area (Å²) in [6.45, 7) is 1.94. The number of benzene rings is 2. The van der Waals surface area contributed by atoms with Gasteiger partial charge in [0.15, 0.2) is 20.9 Å². The van der Waals surface area contributed by atoms with E-state index < -0.39 is 32.9 Å². The number of hydroxylamine groups is 1. The number of hydrogen-bond donors (Lipinski definition) is 1. The number of amides is 1. The third kappa shape index (κ3) is 5.48. The molecule has 4 rings (SSSR count). The third-order valence-electron chi connectivity index (χ3n) is 6.40. The molecule has 0 aromatic heterocycles. The molecule has 1 saturated heterocycles. The van der Waals surface area contributed by atoms with Crippen molar-refractivity contribution in [3.8, 4) is 11.1 Å². The minimum absolute atomic E-state index is 0.0539. The van der Waals surface area contributed by atoms with Gasteiger partial charge in [-0.05, 0) is 36.5 Å². The van der Waals surface area contributed by atoms with Gasteiger partial charge in [0.1, 0.15) is 6.10 Å². The summed E-state index contributed by atoms with van der Waals surface area (Å²) in [5.41, 5.74) is 6.12. The molecule has 0 bridgehead atoms. The topological polar surface area (TPSA) is 103 Å². The second-order valence-electron chi connectivity index (χ2n) is 8.97. The summed E-state index contributed by atoms with van der Waals surface area (Å²) in [4.78, 5) is 23.8. The van der Waals surface area contributed by atoms with E-state index in [2.05, 4.69) is 10.6 Å². The van der Waals surface area contributed by atoms with E-state index in [0.29, 0.717) is 25.2 Å². The number of hydrogen-bond acceptors (Lipinski definition) is 7. The second kappa shape index (κ2) is 10.2. The van der Waals surface area contributed by atoms with E-state index in [1.807, 2.05) is 54.6 Å². The zero-order valence-electron chi connectivity index (χ0n) is 19.4. The maximum absolute atomic E-state index is 12.9. The van der Waals surface area contributed by atoms with Crippen LogP contribution in [0.2, 0.25) is 0 Å².